The summed E-state index contributed by atoms with van der Waals surface area (Å²) in [5.74, 6) is -1.38. The first-order valence-corrected chi connectivity index (χ1v) is 7.79. The molecule has 7 heteroatoms. The lowest BCUT2D eigenvalue weighted by Crippen LogP contribution is -2.39. The zero-order valence-corrected chi connectivity index (χ0v) is 12.8. The predicted molar refractivity (Wildman–Crippen MR) is 80.5 cm³/mol. The minimum Gasteiger partial charge on any atom is -0.387 e. The van der Waals surface area contributed by atoms with E-state index in [4.69, 9.17) is 0 Å². The Balaban J connectivity index is 1.57. The lowest BCUT2D eigenvalue weighted by Gasteiger charge is -2.33. The number of hydrogen-bond donors (Lipinski definition) is 1. The first kappa shape index (κ1) is 16.0. The van der Waals surface area contributed by atoms with Crippen molar-refractivity contribution in [3.05, 3.63) is 48.1 Å². The molecule has 1 aromatic carbocycles. The van der Waals surface area contributed by atoms with Gasteiger partial charge < -0.3 is 10.0 Å². The van der Waals surface area contributed by atoms with Gasteiger partial charge in [0.1, 0.15) is 12.7 Å². The molecule has 23 heavy (non-hydrogen) atoms. The van der Waals surface area contributed by atoms with Crippen LogP contribution >= 0.6 is 0 Å². The van der Waals surface area contributed by atoms with Gasteiger partial charge in [-0.3, -0.25) is 4.68 Å². The van der Waals surface area contributed by atoms with Crippen LogP contribution in [0.3, 0.4) is 0 Å². The van der Waals surface area contributed by atoms with Crippen LogP contribution in [0.4, 0.5) is 8.78 Å². The van der Waals surface area contributed by atoms with Crippen LogP contribution in [0.15, 0.2) is 30.9 Å². The van der Waals surface area contributed by atoms with Crippen molar-refractivity contribution < 1.29 is 13.9 Å². The van der Waals surface area contributed by atoms with Gasteiger partial charge in [-0.25, -0.2) is 13.8 Å². The number of likely N-dealkylation sites (tertiary alicyclic amines) is 1. The van der Waals surface area contributed by atoms with Crippen molar-refractivity contribution in [3.63, 3.8) is 0 Å². The summed E-state index contributed by atoms with van der Waals surface area (Å²) in [6.45, 7) is 2.96. The van der Waals surface area contributed by atoms with E-state index < -0.39 is 17.7 Å². The van der Waals surface area contributed by atoms with Crippen LogP contribution in [0.2, 0.25) is 0 Å². The van der Waals surface area contributed by atoms with Crippen molar-refractivity contribution in [1.82, 2.24) is 19.7 Å². The SMILES string of the molecule is O[C@H](CN1CCC[C@@H](Cn2cncn2)C1)c1ccc(F)c(F)c1. The monoisotopic (exact) mass is 322 g/mol. The van der Waals surface area contributed by atoms with Crippen molar-refractivity contribution >= 4 is 0 Å². The molecule has 0 spiro atoms. The second-order valence-corrected chi connectivity index (χ2v) is 6.07. The summed E-state index contributed by atoms with van der Waals surface area (Å²) in [6.07, 6.45) is 4.56. The van der Waals surface area contributed by atoms with Gasteiger partial charge in [-0.05, 0) is 43.0 Å². The minimum atomic E-state index is -0.927. The van der Waals surface area contributed by atoms with Crippen LogP contribution in [0, 0.1) is 17.6 Å². The van der Waals surface area contributed by atoms with Gasteiger partial charge in [-0.2, -0.15) is 5.10 Å². The summed E-state index contributed by atoms with van der Waals surface area (Å²) in [5.41, 5.74) is 0.405. The molecule has 2 atom stereocenters. The molecule has 0 saturated carbocycles. The molecule has 0 aliphatic carbocycles. The number of nitrogens with zero attached hydrogens (tertiary/aromatic N) is 4. The van der Waals surface area contributed by atoms with E-state index in [2.05, 4.69) is 15.0 Å². The first-order valence-electron chi connectivity index (χ1n) is 7.79. The number of piperidine rings is 1. The average molecular weight is 322 g/mol. The zero-order valence-electron chi connectivity index (χ0n) is 12.8. The Morgan fingerprint density at radius 1 is 1.30 bits per heavy atom. The number of halogens is 2. The predicted octanol–water partition coefficient (Wildman–Crippen LogP) is 2.00. The molecule has 124 valence electrons. The third kappa shape index (κ3) is 4.11. The third-order valence-corrected chi connectivity index (χ3v) is 4.27. The molecule has 5 nitrogen and oxygen atoms in total. The van der Waals surface area contributed by atoms with Gasteiger partial charge in [0, 0.05) is 19.6 Å². The van der Waals surface area contributed by atoms with Crippen molar-refractivity contribution in [3.8, 4) is 0 Å². The fourth-order valence-electron chi connectivity index (χ4n) is 3.13. The highest BCUT2D eigenvalue weighted by Gasteiger charge is 2.23. The summed E-state index contributed by atoms with van der Waals surface area (Å²) in [7, 11) is 0. The Morgan fingerprint density at radius 2 is 2.17 bits per heavy atom. The van der Waals surface area contributed by atoms with E-state index in [1.807, 2.05) is 4.68 Å². The highest BCUT2D eigenvalue weighted by atomic mass is 19.2. The smallest absolute Gasteiger partial charge is 0.159 e. The summed E-state index contributed by atoms with van der Waals surface area (Å²) < 4.78 is 28.1. The molecule has 1 fully saturated rings. The molecule has 1 saturated heterocycles. The van der Waals surface area contributed by atoms with Crippen LogP contribution in [0.5, 0.6) is 0 Å². The minimum absolute atomic E-state index is 0.405. The van der Waals surface area contributed by atoms with E-state index in [0.717, 1.165) is 44.6 Å². The zero-order chi connectivity index (χ0) is 16.2. The number of rotatable bonds is 5. The van der Waals surface area contributed by atoms with Crippen molar-refractivity contribution in [2.24, 2.45) is 5.92 Å². The molecule has 0 unspecified atom stereocenters. The van der Waals surface area contributed by atoms with E-state index in [0.29, 0.717) is 18.0 Å². The third-order valence-electron chi connectivity index (χ3n) is 4.27. The Labute approximate surface area is 133 Å². The second kappa shape index (κ2) is 7.14. The van der Waals surface area contributed by atoms with E-state index >= 15 is 0 Å². The highest BCUT2D eigenvalue weighted by molar-refractivity contribution is 5.20. The van der Waals surface area contributed by atoms with E-state index in [1.165, 1.54) is 12.4 Å². The van der Waals surface area contributed by atoms with Gasteiger partial charge >= 0.3 is 0 Å². The molecular formula is C16H20F2N4O. The van der Waals surface area contributed by atoms with E-state index in [1.54, 1.807) is 6.33 Å². The molecule has 1 aliphatic rings. The van der Waals surface area contributed by atoms with Crippen LogP contribution in [0.25, 0.3) is 0 Å². The number of benzene rings is 1. The van der Waals surface area contributed by atoms with Crippen LogP contribution in [0.1, 0.15) is 24.5 Å². The Hall–Kier alpha value is -1.86. The van der Waals surface area contributed by atoms with Crippen molar-refractivity contribution in [2.45, 2.75) is 25.5 Å². The van der Waals surface area contributed by atoms with Crippen molar-refractivity contribution in [1.29, 1.82) is 0 Å². The fourth-order valence-corrected chi connectivity index (χ4v) is 3.13. The number of aromatic nitrogens is 3. The Morgan fingerprint density at radius 3 is 2.91 bits per heavy atom. The molecular weight excluding hydrogens is 302 g/mol. The number of β-amino-alcohol motifs (C(OH)–C–C–N with tert-alkyl or cyclic N) is 1. The lowest BCUT2D eigenvalue weighted by atomic mass is 9.97. The molecule has 3 rings (SSSR count). The Bertz CT molecular complexity index is 635. The van der Waals surface area contributed by atoms with Gasteiger partial charge in [-0.15, -0.1) is 0 Å². The summed E-state index contributed by atoms with van der Waals surface area (Å²) in [6, 6.07) is 3.55. The van der Waals surface area contributed by atoms with Crippen LogP contribution in [-0.4, -0.2) is 44.4 Å². The van der Waals surface area contributed by atoms with Crippen LogP contribution in [-0.2, 0) is 6.54 Å². The van der Waals surface area contributed by atoms with Crippen LogP contribution < -0.4 is 0 Å². The first-order chi connectivity index (χ1) is 11.1. The topological polar surface area (TPSA) is 54.2 Å². The second-order valence-electron chi connectivity index (χ2n) is 6.07. The van der Waals surface area contributed by atoms with E-state index in [9.17, 15) is 13.9 Å². The molecule has 1 aliphatic heterocycles. The standard InChI is InChI=1S/C16H20F2N4O/c17-14-4-3-13(6-15(14)18)16(23)9-21-5-1-2-12(7-21)8-22-11-19-10-20-22/h3-4,6,10-12,16,23H,1-2,5,7-9H2/t12-,16-/m1/s1. The maximum Gasteiger partial charge on any atom is 0.159 e. The largest absolute Gasteiger partial charge is 0.387 e. The molecule has 2 heterocycles. The lowest BCUT2D eigenvalue weighted by molar-refractivity contribution is 0.0797. The number of aliphatic hydroxyl groups is 1. The molecule has 0 amide bonds. The number of aliphatic hydroxyl groups excluding tert-OH is 1. The normalized spacial score (nSPS) is 20.6. The van der Waals surface area contributed by atoms with Gasteiger partial charge in [-0.1, -0.05) is 6.07 Å². The Kier molecular flexibility index (Phi) is 4.97. The highest BCUT2D eigenvalue weighted by Crippen LogP contribution is 2.22. The van der Waals surface area contributed by atoms with Crippen molar-refractivity contribution in [2.75, 3.05) is 19.6 Å². The van der Waals surface area contributed by atoms with Gasteiger partial charge in [0.15, 0.2) is 11.6 Å². The van der Waals surface area contributed by atoms with E-state index in [-0.39, 0.29) is 0 Å². The molecule has 0 bridgehead atoms. The maximum atomic E-state index is 13.3. The summed E-state index contributed by atoms with van der Waals surface area (Å²) in [4.78, 5) is 6.11. The maximum absolute atomic E-state index is 13.3. The summed E-state index contributed by atoms with van der Waals surface area (Å²) >= 11 is 0. The quantitative estimate of drug-likeness (QED) is 0.915. The van der Waals surface area contributed by atoms with Gasteiger partial charge in [0.25, 0.3) is 0 Å². The average Bonchev–Trinajstić information content (AvgIpc) is 3.03. The molecule has 2 aromatic rings. The fraction of sp³-hybridized carbons (Fsp3) is 0.500. The molecule has 0 radical (unpaired) electrons. The molecule has 1 N–H and O–H groups in total. The van der Waals surface area contributed by atoms with Gasteiger partial charge in [0.05, 0.1) is 6.10 Å². The molecule has 1 aromatic heterocycles. The van der Waals surface area contributed by atoms with Gasteiger partial charge in [0.2, 0.25) is 0 Å². The summed E-state index contributed by atoms with van der Waals surface area (Å²) in [5, 5.41) is 14.4. The number of hydrogen-bond acceptors (Lipinski definition) is 4.